The van der Waals surface area contributed by atoms with Gasteiger partial charge in [0.05, 0.1) is 32.6 Å². The van der Waals surface area contributed by atoms with Crippen molar-refractivity contribution >= 4 is 38.9 Å². The number of ether oxygens (including phenoxy) is 3. The second kappa shape index (κ2) is 9.68. The lowest BCUT2D eigenvalue weighted by Crippen LogP contribution is -2.59. The number of hydrogen-bond acceptors (Lipinski definition) is 12. The summed E-state index contributed by atoms with van der Waals surface area (Å²) < 4.78 is 20.8. The summed E-state index contributed by atoms with van der Waals surface area (Å²) in [6.45, 7) is 2.83. The van der Waals surface area contributed by atoms with Gasteiger partial charge in [0.25, 0.3) is 5.91 Å². The van der Waals surface area contributed by atoms with Crippen LogP contribution in [0.1, 0.15) is 17.5 Å². The molecule has 4 N–H and O–H groups in total. The highest BCUT2D eigenvalue weighted by Crippen LogP contribution is 2.30. The molecule has 12 nitrogen and oxygen atoms in total. The third kappa shape index (κ3) is 5.25. The molecular weight excluding hydrogens is 428 g/mol. The molecule has 1 amide bonds. The molecule has 1 fully saturated rings. The van der Waals surface area contributed by atoms with E-state index in [0.29, 0.717) is 30.7 Å². The van der Waals surface area contributed by atoms with Gasteiger partial charge in [-0.15, -0.1) is 10.2 Å². The van der Waals surface area contributed by atoms with Gasteiger partial charge in [0, 0.05) is 18.9 Å². The summed E-state index contributed by atoms with van der Waals surface area (Å²) in [6.07, 6.45) is 2.95. The molecule has 0 bridgehead atoms. The first-order valence-electron chi connectivity index (χ1n) is 9.05. The maximum Gasteiger partial charge on any atom is 0.381 e. The summed E-state index contributed by atoms with van der Waals surface area (Å²) in [6, 6.07) is 1.38. The van der Waals surface area contributed by atoms with Crippen LogP contribution in [0.2, 0.25) is 0 Å². The first-order chi connectivity index (χ1) is 14.9. The summed E-state index contributed by atoms with van der Waals surface area (Å²) in [5.74, 6) is -0.975. The quantitative estimate of drug-likeness (QED) is 0.472. The molecule has 166 valence electrons. The van der Waals surface area contributed by atoms with Crippen molar-refractivity contribution < 1.29 is 23.4 Å². The van der Waals surface area contributed by atoms with E-state index in [2.05, 4.69) is 25.8 Å². The lowest BCUT2D eigenvalue weighted by atomic mass is 9.98. The number of anilines is 2. The highest BCUT2D eigenvalue weighted by molar-refractivity contribution is 7.18. The average molecular weight is 450 g/mol. The van der Waals surface area contributed by atoms with Crippen molar-refractivity contribution in [2.75, 3.05) is 44.7 Å². The van der Waals surface area contributed by atoms with Crippen molar-refractivity contribution in [2.24, 2.45) is 10.7 Å². The number of nitrogens with two attached hydrogens (primary N) is 1. The van der Waals surface area contributed by atoms with E-state index in [9.17, 15) is 9.59 Å². The highest BCUT2D eigenvalue weighted by Gasteiger charge is 2.40. The maximum atomic E-state index is 12.6. The largest absolute Gasteiger partial charge is 0.488 e. The Morgan fingerprint density at radius 3 is 2.81 bits per heavy atom. The SMILES string of the molecule is COCC1(Nc2cc(C(=O)Nc3nnc(N=C(C)C=CN)s3)oc(=O)c2OC)COC1. The van der Waals surface area contributed by atoms with Crippen LogP contribution in [0.15, 0.2) is 32.5 Å². The Bertz CT molecular complexity index is 1060. The molecule has 1 aliphatic rings. The average Bonchev–Trinajstić information content (AvgIpc) is 3.12. The van der Waals surface area contributed by atoms with Gasteiger partial charge in [-0.3, -0.25) is 10.1 Å². The smallest absolute Gasteiger partial charge is 0.381 e. The van der Waals surface area contributed by atoms with Crippen LogP contribution in [-0.4, -0.2) is 61.4 Å². The van der Waals surface area contributed by atoms with E-state index in [1.807, 2.05) is 0 Å². The number of nitrogens with zero attached hydrogens (tertiary/aromatic N) is 3. The number of rotatable bonds is 9. The fourth-order valence-corrected chi connectivity index (χ4v) is 3.45. The first kappa shape index (κ1) is 22.4. The molecule has 0 atom stereocenters. The number of aliphatic imine (C=N–C) groups is 1. The lowest BCUT2D eigenvalue weighted by Gasteiger charge is -2.42. The third-order valence-electron chi connectivity index (χ3n) is 4.16. The van der Waals surface area contributed by atoms with Crippen LogP contribution >= 0.6 is 11.3 Å². The molecule has 2 aromatic heterocycles. The number of hydrogen-bond donors (Lipinski definition) is 3. The van der Waals surface area contributed by atoms with Gasteiger partial charge >= 0.3 is 5.63 Å². The third-order valence-corrected chi connectivity index (χ3v) is 4.89. The molecule has 3 heterocycles. The molecule has 0 radical (unpaired) electrons. The molecule has 0 unspecified atom stereocenters. The molecule has 0 saturated carbocycles. The fraction of sp³-hybridized carbons (Fsp3) is 0.389. The Morgan fingerprint density at radius 1 is 1.42 bits per heavy atom. The molecule has 3 rings (SSSR count). The van der Waals surface area contributed by atoms with Crippen LogP contribution in [0.3, 0.4) is 0 Å². The number of methoxy groups -OCH3 is 2. The van der Waals surface area contributed by atoms with E-state index in [-0.39, 0.29) is 22.3 Å². The van der Waals surface area contributed by atoms with Crippen LogP contribution in [-0.2, 0) is 9.47 Å². The zero-order chi connectivity index (χ0) is 22.4. The van der Waals surface area contributed by atoms with Crippen LogP contribution in [0.5, 0.6) is 5.75 Å². The van der Waals surface area contributed by atoms with Crippen molar-refractivity contribution in [1.82, 2.24) is 10.2 Å². The van der Waals surface area contributed by atoms with E-state index < -0.39 is 17.1 Å². The monoisotopic (exact) mass is 450 g/mol. The number of nitrogens with one attached hydrogen (secondary N) is 2. The van der Waals surface area contributed by atoms with Crippen molar-refractivity contribution in [1.29, 1.82) is 0 Å². The Morgan fingerprint density at radius 2 is 2.19 bits per heavy atom. The Hall–Kier alpha value is -3.29. The molecule has 31 heavy (non-hydrogen) atoms. The van der Waals surface area contributed by atoms with Gasteiger partial charge in [-0.25, -0.2) is 9.79 Å². The fourth-order valence-electron chi connectivity index (χ4n) is 2.78. The second-order valence-electron chi connectivity index (χ2n) is 6.63. The van der Waals surface area contributed by atoms with E-state index in [1.165, 1.54) is 19.4 Å². The van der Waals surface area contributed by atoms with Gasteiger partial charge in [-0.1, -0.05) is 11.3 Å². The summed E-state index contributed by atoms with van der Waals surface area (Å²) in [5, 5.41) is 14.0. The predicted molar refractivity (Wildman–Crippen MR) is 115 cm³/mol. The molecule has 1 saturated heterocycles. The normalized spacial score (nSPS) is 15.5. The van der Waals surface area contributed by atoms with Crippen LogP contribution < -0.4 is 26.7 Å². The molecule has 0 aliphatic carbocycles. The minimum absolute atomic E-state index is 0.0603. The lowest BCUT2D eigenvalue weighted by molar-refractivity contribution is -0.0728. The number of carbonyl (C=O) groups excluding carboxylic acids is 1. The first-order valence-corrected chi connectivity index (χ1v) is 9.87. The topological polar surface area (TPSA) is 163 Å². The van der Waals surface area contributed by atoms with Gasteiger partial charge in [-0.05, 0) is 19.2 Å². The molecule has 1 aliphatic heterocycles. The standard InChI is InChI=1S/C18H22N6O6S/c1-10(4-5-19)20-16-23-24-17(31-16)21-14(25)12-6-11(13(28-3)15(26)30-12)22-18(7-27-2)8-29-9-18/h4-6,22H,7-9,19H2,1-3H3,(H,21,24,25). The minimum atomic E-state index is -0.808. The van der Waals surface area contributed by atoms with Crippen LogP contribution in [0.4, 0.5) is 16.0 Å². The number of allylic oxidation sites excluding steroid dienone is 1. The Kier molecular flexibility index (Phi) is 6.99. The van der Waals surface area contributed by atoms with E-state index in [0.717, 1.165) is 11.3 Å². The van der Waals surface area contributed by atoms with Gasteiger partial charge < -0.3 is 29.7 Å². The minimum Gasteiger partial charge on any atom is -0.488 e. The van der Waals surface area contributed by atoms with Gasteiger partial charge in [0.2, 0.25) is 16.0 Å². The highest BCUT2D eigenvalue weighted by atomic mass is 32.1. The number of amides is 1. The van der Waals surface area contributed by atoms with E-state index >= 15 is 0 Å². The number of aromatic nitrogens is 2. The second-order valence-corrected chi connectivity index (χ2v) is 7.59. The van der Waals surface area contributed by atoms with Crippen molar-refractivity contribution in [3.63, 3.8) is 0 Å². The summed E-state index contributed by atoms with van der Waals surface area (Å²) >= 11 is 1.05. The zero-order valence-electron chi connectivity index (χ0n) is 17.1. The maximum absolute atomic E-state index is 12.6. The van der Waals surface area contributed by atoms with Crippen molar-refractivity contribution in [3.05, 3.63) is 34.5 Å². The van der Waals surface area contributed by atoms with Crippen LogP contribution in [0, 0.1) is 0 Å². The molecule has 0 spiro atoms. The Balaban J connectivity index is 1.82. The van der Waals surface area contributed by atoms with Gasteiger partial charge in [0.15, 0.2) is 5.76 Å². The summed E-state index contributed by atoms with van der Waals surface area (Å²) in [7, 11) is 2.90. The van der Waals surface area contributed by atoms with Crippen molar-refractivity contribution in [2.45, 2.75) is 12.5 Å². The predicted octanol–water partition coefficient (Wildman–Crippen LogP) is 1.14. The molecule has 13 heteroatoms. The summed E-state index contributed by atoms with van der Waals surface area (Å²) in [4.78, 5) is 29.2. The molecule has 2 aromatic rings. The van der Waals surface area contributed by atoms with E-state index in [4.69, 9.17) is 24.4 Å². The van der Waals surface area contributed by atoms with Crippen LogP contribution in [0.25, 0.3) is 0 Å². The molecule has 0 aromatic carbocycles. The molecular formula is C18H22N6O6S. The van der Waals surface area contributed by atoms with E-state index in [1.54, 1.807) is 20.1 Å². The Labute approximate surface area is 181 Å². The van der Waals surface area contributed by atoms with Crippen molar-refractivity contribution in [3.8, 4) is 5.75 Å². The van der Waals surface area contributed by atoms with Gasteiger partial charge in [0.1, 0.15) is 5.54 Å². The van der Waals surface area contributed by atoms with Gasteiger partial charge in [-0.2, -0.15) is 0 Å². The summed E-state index contributed by atoms with van der Waals surface area (Å²) in [5.41, 5.74) is 4.88. The zero-order valence-corrected chi connectivity index (χ0v) is 17.9. The number of carbonyl (C=O) groups is 1.